The number of ether oxygens (including phenoxy) is 4. The summed E-state index contributed by atoms with van der Waals surface area (Å²) in [5.41, 5.74) is 0. The first kappa shape index (κ1) is 92.5. The van der Waals surface area contributed by atoms with Gasteiger partial charge in [0.1, 0.15) is 19.3 Å². The lowest BCUT2D eigenvalue weighted by molar-refractivity contribution is -0.161. The first-order chi connectivity index (χ1) is 45.7. The van der Waals surface area contributed by atoms with Crippen LogP contribution >= 0.6 is 15.6 Å². The van der Waals surface area contributed by atoms with Crippen molar-refractivity contribution >= 4 is 39.5 Å². The third kappa shape index (κ3) is 69.8. The van der Waals surface area contributed by atoms with Crippen molar-refractivity contribution in [2.24, 2.45) is 17.8 Å². The number of carbonyl (C=O) groups is 4. The molecule has 0 aromatic rings. The van der Waals surface area contributed by atoms with Crippen LogP contribution in [0.25, 0.3) is 0 Å². The third-order valence-electron chi connectivity index (χ3n) is 17.0. The summed E-state index contributed by atoms with van der Waals surface area (Å²) in [7, 11) is -9.92. The fourth-order valence-electron chi connectivity index (χ4n) is 11.1. The Morgan fingerprint density at radius 2 is 0.568 bits per heavy atom. The van der Waals surface area contributed by atoms with Crippen molar-refractivity contribution in [3.8, 4) is 0 Å². The fraction of sp³-hybridized carbons (Fsp3) is 0.895. The molecule has 0 aliphatic heterocycles. The Labute approximate surface area is 580 Å². The smallest absolute Gasteiger partial charge is 0.462 e. The van der Waals surface area contributed by atoms with Gasteiger partial charge in [0, 0.05) is 25.7 Å². The molecule has 95 heavy (non-hydrogen) atoms. The summed E-state index contributed by atoms with van der Waals surface area (Å²) >= 11 is 0. The van der Waals surface area contributed by atoms with Gasteiger partial charge in [-0.05, 0) is 69.1 Å². The van der Waals surface area contributed by atoms with Gasteiger partial charge in [0.25, 0.3) is 0 Å². The minimum Gasteiger partial charge on any atom is -0.462 e. The summed E-state index contributed by atoms with van der Waals surface area (Å²) < 4.78 is 68.4. The Balaban J connectivity index is 5.20. The van der Waals surface area contributed by atoms with Crippen LogP contribution in [0.5, 0.6) is 0 Å². The molecule has 0 aromatic carbocycles. The molecule has 0 aliphatic carbocycles. The summed E-state index contributed by atoms with van der Waals surface area (Å²) in [6, 6.07) is 0. The number of allylic oxidation sites excluding steroid dienone is 4. The number of unbranched alkanes of at least 4 members (excludes halogenated alkanes) is 37. The van der Waals surface area contributed by atoms with Crippen molar-refractivity contribution in [2.75, 3.05) is 39.6 Å². The lowest BCUT2D eigenvalue weighted by Gasteiger charge is -2.21. The maximum absolute atomic E-state index is 13.1. The number of hydrogen-bond acceptors (Lipinski definition) is 15. The molecule has 3 N–H and O–H groups in total. The second kappa shape index (κ2) is 66.1. The van der Waals surface area contributed by atoms with E-state index >= 15 is 0 Å². The predicted octanol–water partition coefficient (Wildman–Crippen LogP) is 21.7. The van der Waals surface area contributed by atoms with E-state index in [1.807, 2.05) is 0 Å². The van der Waals surface area contributed by atoms with Crippen molar-refractivity contribution in [1.82, 2.24) is 0 Å². The van der Waals surface area contributed by atoms with Gasteiger partial charge in [0.15, 0.2) is 12.2 Å². The second-order valence-electron chi connectivity index (χ2n) is 28.1. The lowest BCUT2D eigenvalue weighted by Crippen LogP contribution is -2.30. The average Bonchev–Trinajstić information content (AvgIpc) is 2.84. The highest BCUT2D eigenvalue weighted by molar-refractivity contribution is 7.47. The molecule has 5 atom stereocenters. The molecular formula is C76H144O17P2. The molecule has 0 bridgehead atoms. The molecule has 560 valence electrons. The first-order valence-corrected chi connectivity index (χ1v) is 41.7. The maximum atomic E-state index is 13.1. The zero-order chi connectivity index (χ0) is 70.1. The largest absolute Gasteiger partial charge is 0.472 e. The summed E-state index contributed by atoms with van der Waals surface area (Å²) in [4.78, 5) is 72.7. The summed E-state index contributed by atoms with van der Waals surface area (Å²) in [5, 5.41) is 10.6. The van der Waals surface area contributed by atoms with Crippen LogP contribution in [0.15, 0.2) is 24.3 Å². The highest BCUT2D eigenvalue weighted by Gasteiger charge is 2.30. The number of esters is 4. The number of rotatable bonds is 72. The van der Waals surface area contributed by atoms with Gasteiger partial charge in [0.05, 0.1) is 26.4 Å². The minimum absolute atomic E-state index is 0.0836. The number of phosphoric ester groups is 2. The van der Waals surface area contributed by atoms with Gasteiger partial charge in [-0.15, -0.1) is 0 Å². The van der Waals surface area contributed by atoms with Gasteiger partial charge in [-0.3, -0.25) is 37.3 Å². The van der Waals surface area contributed by atoms with Crippen molar-refractivity contribution in [3.63, 3.8) is 0 Å². The van der Waals surface area contributed by atoms with E-state index in [1.54, 1.807) is 0 Å². The monoisotopic (exact) mass is 1390 g/mol. The Morgan fingerprint density at radius 1 is 0.326 bits per heavy atom. The standard InChI is InChI=1S/C76H144O17P2/c1-8-9-10-11-12-13-14-15-20-24-27-30-35-45-52-60-76(81)93-72(64-87-74(79)58-51-44-39-38-42-49-56-69(6)7)66-91-95(84,85)89-62-70(77)61-88-94(82,83)90-65-71(63-86-73(78)57-50-43-37-32-34-41-48-55-68(4)5)92-75(80)59-53-46-36-31-28-25-22-19-17-16-18-21-23-26-29-33-40-47-54-67(2)3/h13-15,20,67-72,77H,8-12,16-19,21-66H2,1-7H3,(H,82,83)(H,84,85)/b14-13-,20-15-/t70?,71-,72-/m1/s1. The van der Waals surface area contributed by atoms with Crippen LogP contribution in [0, 0.1) is 17.8 Å². The van der Waals surface area contributed by atoms with Crippen LogP contribution in [0.1, 0.15) is 363 Å². The molecule has 19 heteroatoms. The number of phosphoric acid groups is 2. The molecule has 0 amide bonds. The predicted molar refractivity (Wildman–Crippen MR) is 386 cm³/mol. The van der Waals surface area contributed by atoms with E-state index < -0.39 is 97.5 Å². The second-order valence-corrected chi connectivity index (χ2v) is 31.0. The van der Waals surface area contributed by atoms with Gasteiger partial charge in [-0.25, -0.2) is 9.13 Å². The number of carbonyl (C=O) groups excluding carboxylic acids is 4. The molecule has 0 fully saturated rings. The molecule has 0 aromatic heterocycles. The SMILES string of the molecule is CCCCCC/C=C\C=C/CCCCCCCC(=O)O[C@H](COC(=O)CCCCCCCCC(C)C)COP(=O)(O)OCC(O)COP(=O)(O)OC[C@@H](COC(=O)CCCCCCCCCC(C)C)OC(=O)CCCCCCCCCCCCCCCCCCCCC(C)C. The minimum atomic E-state index is -4.96. The van der Waals surface area contributed by atoms with Crippen molar-refractivity contribution < 1.29 is 80.2 Å². The lowest BCUT2D eigenvalue weighted by atomic mass is 10.0. The molecule has 0 heterocycles. The van der Waals surface area contributed by atoms with Gasteiger partial charge in [-0.1, -0.05) is 310 Å². The van der Waals surface area contributed by atoms with E-state index in [9.17, 15) is 43.2 Å². The average molecular weight is 1390 g/mol. The molecule has 17 nitrogen and oxygen atoms in total. The zero-order valence-electron chi connectivity index (χ0n) is 61.6. The molecule has 0 spiro atoms. The normalized spacial score (nSPS) is 14.2. The molecule has 0 radical (unpaired) electrons. The molecule has 3 unspecified atom stereocenters. The maximum Gasteiger partial charge on any atom is 0.472 e. The van der Waals surface area contributed by atoms with Gasteiger partial charge in [-0.2, -0.15) is 0 Å². The Kier molecular flexibility index (Phi) is 64.4. The van der Waals surface area contributed by atoms with E-state index in [0.717, 1.165) is 121 Å². The Bertz CT molecular complexity index is 1950. The number of aliphatic hydroxyl groups is 1. The first-order valence-electron chi connectivity index (χ1n) is 38.7. The number of aliphatic hydroxyl groups excluding tert-OH is 1. The van der Waals surface area contributed by atoms with Crippen LogP contribution in [0.3, 0.4) is 0 Å². The topological polar surface area (TPSA) is 237 Å². The molecule has 0 saturated heterocycles. The molecule has 0 aliphatic rings. The van der Waals surface area contributed by atoms with E-state index in [2.05, 4.69) is 72.8 Å². The van der Waals surface area contributed by atoms with Crippen LogP contribution < -0.4 is 0 Å². The quantitative estimate of drug-likeness (QED) is 0.0169. The van der Waals surface area contributed by atoms with Crippen LogP contribution in [-0.2, 0) is 65.4 Å². The third-order valence-corrected chi connectivity index (χ3v) is 18.9. The molecular weight excluding hydrogens is 1250 g/mol. The highest BCUT2D eigenvalue weighted by atomic mass is 31.2. The van der Waals surface area contributed by atoms with Crippen molar-refractivity contribution in [1.29, 1.82) is 0 Å². The van der Waals surface area contributed by atoms with E-state index in [4.69, 9.17) is 37.0 Å². The van der Waals surface area contributed by atoms with Crippen LogP contribution in [0.4, 0.5) is 0 Å². The van der Waals surface area contributed by atoms with Crippen LogP contribution in [-0.4, -0.2) is 96.7 Å². The van der Waals surface area contributed by atoms with Crippen LogP contribution in [0.2, 0.25) is 0 Å². The fourth-order valence-corrected chi connectivity index (χ4v) is 12.6. The van der Waals surface area contributed by atoms with Crippen molar-refractivity contribution in [3.05, 3.63) is 24.3 Å². The molecule has 0 saturated carbocycles. The zero-order valence-corrected chi connectivity index (χ0v) is 63.4. The van der Waals surface area contributed by atoms with Gasteiger partial charge >= 0.3 is 39.5 Å². The summed E-state index contributed by atoms with van der Waals surface area (Å²) in [5.74, 6) is 0.0451. The highest BCUT2D eigenvalue weighted by Crippen LogP contribution is 2.45. The molecule has 0 rings (SSSR count). The van der Waals surface area contributed by atoms with E-state index in [-0.39, 0.29) is 25.7 Å². The Morgan fingerprint density at radius 3 is 0.853 bits per heavy atom. The summed E-state index contributed by atoms with van der Waals surface area (Å²) in [6.07, 6.45) is 55.3. The van der Waals surface area contributed by atoms with E-state index in [1.165, 1.54) is 148 Å². The van der Waals surface area contributed by atoms with E-state index in [0.29, 0.717) is 37.5 Å². The van der Waals surface area contributed by atoms with Gasteiger partial charge in [0.2, 0.25) is 0 Å². The number of hydrogen-bond donors (Lipinski definition) is 3. The Hall–Kier alpha value is -2.46. The van der Waals surface area contributed by atoms with Gasteiger partial charge < -0.3 is 33.8 Å². The summed E-state index contributed by atoms with van der Waals surface area (Å²) in [6.45, 7) is 11.7. The van der Waals surface area contributed by atoms with Crippen molar-refractivity contribution in [2.45, 2.75) is 381 Å².